The first kappa shape index (κ1) is 15.2. The lowest BCUT2D eigenvalue weighted by Gasteiger charge is -2.08. The van der Waals surface area contributed by atoms with E-state index in [1.807, 2.05) is 19.1 Å². The third-order valence-corrected chi connectivity index (χ3v) is 3.94. The van der Waals surface area contributed by atoms with Crippen LogP contribution in [0.4, 0.5) is 11.4 Å². The van der Waals surface area contributed by atoms with E-state index in [0.717, 1.165) is 10.0 Å². The number of anilines is 1. The van der Waals surface area contributed by atoms with E-state index in [4.69, 9.17) is 0 Å². The van der Waals surface area contributed by atoms with Crippen LogP contribution in [0.5, 0.6) is 0 Å². The minimum absolute atomic E-state index is 0.00429. The summed E-state index contributed by atoms with van der Waals surface area (Å²) in [6.07, 6.45) is 0. The van der Waals surface area contributed by atoms with Crippen LogP contribution >= 0.6 is 15.9 Å². The van der Waals surface area contributed by atoms with Crippen molar-refractivity contribution in [1.82, 2.24) is 0 Å². The van der Waals surface area contributed by atoms with Crippen molar-refractivity contribution in [2.24, 2.45) is 0 Å². The van der Waals surface area contributed by atoms with Gasteiger partial charge in [0, 0.05) is 27.4 Å². The first-order valence-electron chi connectivity index (χ1n) is 6.21. The van der Waals surface area contributed by atoms with Crippen LogP contribution in [0.2, 0.25) is 0 Å². The standard InChI is InChI=1S/C15H13BrN2O3/c1-9-3-5-12(8-13(9)16)17-15(19)11-4-6-14(18(20)21)10(2)7-11/h3-8H,1-2H3,(H,17,19). The zero-order chi connectivity index (χ0) is 15.6. The quantitative estimate of drug-likeness (QED) is 0.666. The first-order chi connectivity index (χ1) is 9.88. The number of nitro benzene ring substituents is 1. The smallest absolute Gasteiger partial charge is 0.272 e. The van der Waals surface area contributed by atoms with Crippen molar-refractivity contribution < 1.29 is 9.72 Å². The third kappa shape index (κ3) is 3.46. The van der Waals surface area contributed by atoms with Crippen LogP contribution in [0.15, 0.2) is 40.9 Å². The lowest BCUT2D eigenvalue weighted by atomic mass is 10.1. The zero-order valence-electron chi connectivity index (χ0n) is 11.5. The molecule has 2 aromatic rings. The Labute approximate surface area is 130 Å². The molecule has 0 aliphatic rings. The van der Waals surface area contributed by atoms with Crippen molar-refractivity contribution >= 4 is 33.2 Å². The van der Waals surface area contributed by atoms with E-state index in [1.165, 1.54) is 18.2 Å². The maximum Gasteiger partial charge on any atom is 0.272 e. The molecular weight excluding hydrogens is 336 g/mol. The normalized spacial score (nSPS) is 10.2. The van der Waals surface area contributed by atoms with Gasteiger partial charge in [0.25, 0.3) is 11.6 Å². The number of amides is 1. The monoisotopic (exact) mass is 348 g/mol. The van der Waals surface area contributed by atoms with Gasteiger partial charge >= 0.3 is 0 Å². The molecule has 0 aliphatic heterocycles. The SMILES string of the molecule is Cc1ccc(NC(=O)c2ccc([N+](=O)[O-])c(C)c2)cc1Br. The lowest BCUT2D eigenvalue weighted by molar-refractivity contribution is -0.385. The van der Waals surface area contributed by atoms with E-state index in [2.05, 4.69) is 21.2 Å². The van der Waals surface area contributed by atoms with Gasteiger partial charge in [0.1, 0.15) is 0 Å². The van der Waals surface area contributed by atoms with Crippen LogP contribution in [-0.4, -0.2) is 10.8 Å². The molecule has 0 saturated heterocycles. The van der Waals surface area contributed by atoms with Gasteiger partial charge in [-0.2, -0.15) is 0 Å². The Balaban J connectivity index is 2.22. The molecule has 0 atom stereocenters. The summed E-state index contributed by atoms with van der Waals surface area (Å²) >= 11 is 3.40. The Bertz CT molecular complexity index is 729. The zero-order valence-corrected chi connectivity index (χ0v) is 13.1. The van der Waals surface area contributed by atoms with Crippen LogP contribution in [0.1, 0.15) is 21.5 Å². The number of carbonyl (C=O) groups excluding carboxylic acids is 1. The molecule has 1 amide bonds. The highest BCUT2D eigenvalue weighted by molar-refractivity contribution is 9.10. The number of aryl methyl sites for hydroxylation is 2. The molecule has 6 heteroatoms. The second-order valence-corrected chi connectivity index (χ2v) is 5.53. The predicted octanol–water partition coefficient (Wildman–Crippen LogP) is 4.23. The van der Waals surface area contributed by atoms with Gasteiger partial charge in [0.15, 0.2) is 0 Å². The van der Waals surface area contributed by atoms with Gasteiger partial charge in [0.2, 0.25) is 0 Å². The number of nitrogens with one attached hydrogen (secondary N) is 1. The van der Waals surface area contributed by atoms with E-state index in [9.17, 15) is 14.9 Å². The second kappa shape index (κ2) is 6.05. The highest BCUT2D eigenvalue weighted by atomic mass is 79.9. The molecule has 2 rings (SSSR count). The summed E-state index contributed by atoms with van der Waals surface area (Å²) in [5.41, 5.74) is 2.57. The van der Waals surface area contributed by atoms with Crippen molar-refractivity contribution in [3.05, 3.63) is 67.7 Å². The van der Waals surface area contributed by atoms with Crippen LogP contribution in [0.3, 0.4) is 0 Å². The van der Waals surface area contributed by atoms with Crippen LogP contribution in [0, 0.1) is 24.0 Å². The van der Waals surface area contributed by atoms with Crippen molar-refractivity contribution in [3.8, 4) is 0 Å². The summed E-state index contributed by atoms with van der Waals surface area (Å²) in [6.45, 7) is 3.56. The van der Waals surface area contributed by atoms with Gasteiger partial charge in [0.05, 0.1) is 4.92 Å². The molecule has 5 nitrogen and oxygen atoms in total. The average molecular weight is 349 g/mol. The van der Waals surface area contributed by atoms with Crippen molar-refractivity contribution in [2.75, 3.05) is 5.32 Å². The Morgan fingerprint density at radius 1 is 1.14 bits per heavy atom. The number of nitro groups is 1. The molecule has 1 N–H and O–H groups in total. The van der Waals surface area contributed by atoms with E-state index in [-0.39, 0.29) is 11.6 Å². The van der Waals surface area contributed by atoms with Crippen LogP contribution in [0.25, 0.3) is 0 Å². The molecule has 2 aromatic carbocycles. The topological polar surface area (TPSA) is 72.2 Å². The van der Waals surface area contributed by atoms with Gasteiger partial charge in [-0.15, -0.1) is 0 Å². The summed E-state index contributed by atoms with van der Waals surface area (Å²) in [7, 11) is 0. The number of nitrogens with zero attached hydrogens (tertiary/aromatic N) is 1. The number of halogens is 1. The molecule has 0 radical (unpaired) electrons. The maximum absolute atomic E-state index is 12.1. The Kier molecular flexibility index (Phi) is 4.37. The molecule has 0 aromatic heterocycles. The summed E-state index contributed by atoms with van der Waals surface area (Å²) in [6, 6.07) is 9.80. The maximum atomic E-state index is 12.1. The van der Waals surface area contributed by atoms with E-state index in [1.54, 1.807) is 13.0 Å². The first-order valence-corrected chi connectivity index (χ1v) is 7.00. The molecule has 0 saturated carbocycles. The van der Waals surface area contributed by atoms with Gasteiger partial charge in [-0.1, -0.05) is 22.0 Å². The predicted molar refractivity (Wildman–Crippen MR) is 84.7 cm³/mol. The van der Waals surface area contributed by atoms with Gasteiger partial charge in [-0.25, -0.2) is 0 Å². The lowest BCUT2D eigenvalue weighted by Crippen LogP contribution is -2.12. The van der Waals surface area contributed by atoms with Crippen LogP contribution < -0.4 is 5.32 Å². The fourth-order valence-corrected chi connectivity index (χ4v) is 2.25. The van der Waals surface area contributed by atoms with E-state index >= 15 is 0 Å². The van der Waals surface area contributed by atoms with E-state index in [0.29, 0.717) is 16.8 Å². The van der Waals surface area contributed by atoms with Crippen molar-refractivity contribution in [2.45, 2.75) is 13.8 Å². The number of benzene rings is 2. The fourth-order valence-electron chi connectivity index (χ4n) is 1.88. The fraction of sp³-hybridized carbons (Fsp3) is 0.133. The molecule has 21 heavy (non-hydrogen) atoms. The third-order valence-electron chi connectivity index (χ3n) is 3.09. The summed E-state index contributed by atoms with van der Waals surface area (Å²) in [4.78, 5) is 22.4. The highest BCUT2D eigenvalue weighted by Gasteiger charge is 2.14. The van der Waals surface area contributed by atoms with E-state index < -0.39 is 4.92 Å². The molecular formula is C15H13BrN2O3. The summed E-state index contributed by atoms with van der Waals surface area (Å²) < 4.78 is 0.903. The molecule has 108 valence electrons. The molecule has 0 bridgehead atoms. The Morgan fingerprint density at radius 2 is 1.86 bits per heavy atom. The van der Waals surface area contributed by atoms with Gasteiger partial charge in [-0.3, -0.25) is 14.9 Å². The van der Waals surface area contributed by atoms with Crippen LogP contribution in [-0.2, 0) is 0 Å². The average Bonchev–Trinajstić information content (AvgIpc) is 2.42. The Hall–Kier alpha value is -2.21. The second-order valence-electron chi connectivity index (χ2n) is 4.68. The minimum atomic E-state index is -0.464. The molecule has 0 heterocycles. The summed E-state index contributed by atoms with van der Waals surface area (Å²) in [5.74, 6) is -0.302. The number of hydrogen-bond acceptors (Lipinski definition) is 3. The molecule has 0 aliphatic carbocycles. The number of rotatable bonds is 3. The molecule has 0 spiro atoms. The van der Waals surface area contributed by atoms with Crippen molar-refractivity contribution in [3.63, 3.8) is 0 Å². The largest absolute Gasteiger partial charge is 0.322 e. The minimum Gasteiger partial charge on any atom is -0.322 e. The van der Waals surface area contributed by atoms with Gasteiger partial charge < -0.3 is 5.32 Å². The summed E-state index contributed by atoms with van der Waals surface area (Å²) in [5, 5.41) is 13.5. The number of hydrogen-bond donors (Lipinski definition) is 1. The molecule has 0 fully saturated rings. The highest BCUT2D eigenvalue weighted by Crippen LogP contribution is 2.22. The van der Waals surface area contributed by atoms with Crippen molar-refractivity contribution in [1.29, 1.82) is 0 Å². The van der Waals surface area contributed by atoms with Gasteiger partial charge in [-0.05, 0) is 43.7 Å². The molecule has 0 unspecified atom stereocenters. The number of carbonyl (C=O) groups is 1. The Morgan fingerprint density at radius 3 is 2.43 bits per heavy atom.